The summed E-state index contributed by atoms with van der Waals surface area (Å²) in [5.74, 6) is 0.755. The van der Waals surface area contributed by atoms with Crippen molar-refractivity contribution >= 4 is 21.7 Å². The van der Waals surface area contributed by atoms with Gasteiger partial charge in [-0.1, -0.05) is 54.6 Å². The largest absolute Gasteiger partial charge is 0.392 e. The van der Waals surface area contributed by atoms with Crippen LogP contribution in [0.3, 0.4) is 0 Å². The summed E-state index contributed by atoms with van der Waals surface area (Å²) in [4.78, 5) is 13.6. The van der Waals surface area contributed by atoms with Crippen LogP contribution in [0, 0.1) is 0 Å². The van der Waals surface area contributed by atoms with Gasteiger partial charge in [-0.25, -0.2) is 18.4 Å². The quantitative estimate of drug-likeness (QED) is 0.292. The molecule has 3 aromatic carbocycles. The summed E-state index contributed by atoms with van der Waals surface area (Å²) in [5.41, 5.74) is 3.12. The van der Waals surface area contributed by atoms with Crippen LogP contribution in [0.5, 0.6) is 0 Å². The predicted molar refractivity (Wildman–Crippen MR) is 163 cm³/mol. The number of aliphatic hydroxyl groups excluding tert-OH is 1. The number of rotatable bonds is 9. The van der Waals surface area contributed by atoms with Gasteiger partial charge in [-0.2, -0.15) is 0 Å². The molecule has 0 bridgehead atoms. The van der Waals surface area contributed by atoms with Crippen molar-refractivity contribution in [2.24, 2.45) is 0 Å². The molecular weight excluding hydrogens is 566 g/mol. The van der Waals surface area contributed by atoms with Crippen LogP contribution in [0.25, 0.3) is 0 Å². The van der Waals surface area contributed by atoms with E-state index in [4.69, 9.17) is 9.47 Å². The van der Waals surface area contributed by atoms with Crippen LogP contribution in [-0.4, -0.2) is 67.2 Å². The Hall–Kier alpha value is -3.87. The smallest absolute Gasteiger partial charge is 0.261 e. The van der Waals surface area contributed by atoms with Crippen molar-refractivity contribution < 1.29 is 23.0 Å². The highest BCUT2D eigenvalue weighted by atomic mass is 32.2. The van der Waals surface area contributed by atoms with Crippen LogP contribution in [0.15, 0.2) is 102 Å². The lowest BCUT2D eigenvalue weighted by atomic mass is 9.99. The molecule has 2 aliphatic heterocycles. The minimum Gasteiger partial charge on any atom is -0.392 e. The Morgan fingerprint density at radius 3 is 2.16 bits per heavy atom. The Labute approximate surface area is 252 Å². The number of sulfonamides is 1. The Morgan fingerprint density at radius 2 is 1.49 bits per heavy atom. The van der Waals surface area contributed by atoms with Gasteiger partial charge in [0.25, 0.3) is 10.0 Å². The first kappa shape index (κ1) is 29.2. The second-order valence-electron chi connectivity index (χ2n) is 10.7. The summed E-state index contributed by atoms with van der Waals surface area (Å²) in [5, 5.41) is 9.49. The molecule has 43 heavy (non-hydrogen) atoms. The molecule has 0 radical (unpaired) electrons. The molecule has 224 valence electrons. The lowest BCUT2D eigenvalue weighted by molar-refractivity contribution is -0.253. The predicted octanol–water partition coefficient (Wildman–Crippen LogP) is 4.14. The number of ether oxygens (including phenoxy) is 2. The van der Waals surface area contributed by atoms with Gasteiger partial charge < -0.3 is 19.5 Å². The highest BCUT2D eigenvalue weighted by Gasteiger charge is 2.34. The fourth-order valence-electron chi connectivity index (χ4n) is 5.43. The van der Waals surface area contributed by atoms with Crippen molar-refractivity contribution in [2.75, 3.05) is 42.3 Å². The van der Waals surface area contributed by atoms with Crippen molar-refractivity contribution in [1.29, 1.82) is 0 Å². The third-order valence-electron chi connectivity index (χ3n) is 7.77. The standard InChI is InChI=1S/C32H35N5O5S/c38-23-24-7-9-25(10-8-24)30-21-28(22-36-17-19-37(20-18-36)32-33-15-4-16-34-32)41-31(42-30)26-11-13-27(14-12-26)35-43(39,40)29-5-2-1-3-6-29/h1-16,28,30-31,35,38H,17-23H2. The van der Waals surface area contributed by atoms with Gasteiger partial charge in [0.15, 0.2) is 6.29 Å². The fourth-order valence-corrected chi connectivity index (χ4v) is 6.51. The molecule has 4 aromatic rings. The van der Waals surface area contributed by atoms with Gasteiger partial charge >= 0.3 is 0 Å². The molecule has 0 aliphatic carbocycles. The first-order chi connectivity index (χ1) is 21.0. The number of nitrogens with one attached hydrogen (secondary N) is 1. The monoisotopic (exact) mass is 601 g/mol. The molecule has 11 heteroatoms. The summed E-state index contributed by atoms with van der Waals surface area (Å²) in [6, 6.07) is 25.0. The summed E-state index contributed by atoms with van der Waals surface area (Å²) < 4.78 is 41.2. The number of hydrogen-bond acceptors (Lipinski definition) is 9. The molecule has 3 atom stereocenters. The molecule has 0 amide bonds. The second kappa shape index (κ2) is 13.2. The number of hydrogen-bond donors (Lipinski definition) is 2. The van der Waals surface area contributed by atoms with Crippen LogP contribution in [-0.2, 0) is 26.1 Å². The Kier molecular flexibility index (Phi) is 8.96. The van der Waals surface area contributed by atoms with E-state index in [9.17, 15) is 13.5 Å². The van der Waals surface area contributed by atoms with Gasteiger partial charge in [0.2, 0.25) is 5.95 Å². The maximum Gasteiger partial charge on any atom is 0.261 e. The van der Waals surface area contributed by atoms with Crippen LogP contribution in [0.2, 0.25) is 0 Å². The molecule has 10 nitrogen and oxygen atoms in total. The van der Waals surface area contributed by atoms with Crippen LogP contribution < -0.4 is 9.62 Å². The zero-order valence-corrected chi connectivity index (χ0v) is 24.5. The minimum atomic E-state index is -3.70. The minimum absolute atomic E-state index is 0.0134. The van der Waals surface area contributed by atoms with E-state index >= 15 is 0 Å². The van der Waals surface area contributed by atoms with E-state index < -0.39 is 16.3 Å². The first-order valence-corrected chi connectivity index (χ1v) is 15.9. The van der Waals surface area contributed by atoms with Gasteiger partial charge in [-0.15, -0.1) is 0 Å². The number of nitrogens with zero attached hydrogens (tertiary/aromatic N) is 4. The normalized spacial score (nSPS) is 21.4. The molecular formula is C32H35N5O5S. The average molecular weight is 602 g/mol. The van der Waals surface area contributed by atoms with E-state index in [-0.39, 0.29) is 23.7 Å². The highest BCUT2D eigenvalue weighted by molar-refractivity contribution is 7.92. The van der Waals surface area contributed by atoms with Crippen molar-refractivity contribution in [1.82, 2.24) is 14.9 Å². The number of aromatic nitrogens is 2. The van der Waals surface area contributed by atoms with E-state index in [1.807, 2.05) is 42.5 Å². The van der Waals surface area contributed by atoms with E-state index in [2.05, 4.69) is 24.5 Å². The maximum atomic E-state index is 12.8. The topological polar surface area (TPSA) is 117 Å². The highest BCUT2D eigenvalue weighted by Crippen LogP contribution is 2.38. The third-order valence-corrected chi connectivity index (χ3v) is 9.17. The summed E-state index contributed by atoms with van der Waals surface area (Å²) >= 11 is 0. The van der Waals surface area contributed by atoms with E-state index in [1.165, 1.54) is 0 Å². The molecule has 0 saturated carbocycles. The number of anilines is 2. The summed E-state index contributed by atoms with van der Waals surface area (Å²) in [6.07, 6.45) is 3.31. The summed E-state index contributed by atoms with van der Waals surface area (Å²) in [6.45, 7) is 4.15. The van der Waals surface area contributed by atoms with Gasteiger partial charge in [-0.05, 0) is 41.5 Å². The molecule has 2 saturated heterocycles. The lowest BCUT2D eigenvalue weighted by Crippen LogP contribution is -2.50. The molecule has 3 unspecified atom stereocenters. The molecule has 0 spiro atoms. The molecule has 1 aromatic heterocycles. The van der Waals surface area contributed by atoms with Crippen LogP contribution in [0.4, 0.5) is 11.6 Å². The molecule has 2 aliphatic rings. The molecule has 2 N–H and O–H groups in total. The van der Waals surface area contributed by atoms with E-state index in [1.54, 1.807) is 54.9 Å². The molecule has 6 rings (SSSR count). The fraction of sp³-hybridized carbons (Fsp3) is 0.312. The second-order valence-corrected chi connectivity index (χ2v) is 12.4. The van der Waals surface area contributed by atoms with Gasteiger partial charge in [-0.3, -0.25) is 9.62 Å². The van der Waals surface area contributed by atoms with E-state index in [0.717, 1.165) is 55.4 Å². The van der Waals surface area contributed by atoms with Gasteiger partial charge in [0, 0.05) is 62.8 Å². The molecule has 2 fully saturated rings. The first-order valence-electron chi connectivity index (χ1n) is 14.4. The van der Waals surface area contributed by atoms with Gasteiger partial charge in [0.1, 0.15) is 0 Å². The average Bonchev–Trinajstić information content (AvgIpc) is 3.06. The molecule has 3 heterocycles. The Bertz CT molecular complexity index is 1570. The number of benzene rings is 3. The number of piperazine rings is 1. The number of aliphatic hydroxyl groups is 1. The van der Waals surface area contributed by atoms with Crippen molar-refractivity contribution in [3.8, 4) is 0 Å². The third kappa shape index (κ3) is 7.20. The van der Waals surface area contributed by atoms with Crippen molar-refractivity contribution in [2.45, 2.75) is 36.4 Å². The SMILES string of the molecule is O=S(=O)(Nc1ccc(C2OC(CN3CCN(c4ncccn4)CC3)CC(c3ccc(CO)cc3)O2)cc1)c1ccccc1. The van der Waals surface area contributed by atoms with Crippen LogP contribution >= 0.6 is 0 Å². The summed E-state index contributed by atoms with van der Waals surface area (Å²) in [7, 11) is -3.70. The Morgan fingerprint density at radius 1 is 0.814 bits per heavy atom. The zero-order valence-electron chi connectivity index (χ0n) is 23.7. The Balaban J connectivity index is 1.15. The van der Waals surface area contributed by atoms with Crippen molar-refractivity contribution in [3.63, 3.8) is 0 Å². The van der Waals surface area contributed by atoms with Crippen molar-refractivity contribution in [3.05, 3.63) is 114 Å². The van der Waals surface area contributed by atoms with Gasteiger partial charge in [0.05, 0.1) is 23.7 Å². The lowest BCUT2D eigenvalue weighted by Gasteiger charge is -2.40. The zero-order chi connectivity index (χ0) is 29.6. The van der Waals surface area contributed by atoms with Crippen LogP contribution in [0.1, 0.15) is 35.5 Å². The maximum absolute atomic E-state index is 12.8. The van der Waals surface area contributed by atoms with E-state index in [0.29, 0.717) is 12.1 Å².